The second-order valence-electron chi connectivity index (χ2n) is 4.56. The maximum absolute atomic E-state index is 4.54. The highest BCUT2D eigenvalue weighted by Crippen LogP contribution is 2.10. The van der Waals surface area contributed by atoms with Crippen LogP contribution in [-0.2, 0) is 12.3 Å². The molecule has 17 heavy (non-hydrogen) atoms. The van der Waals surface area contributed by atoms with Gasteiger partial charge in [0.05, 0.1) is 5.75 Å². The number of nitrogens with zero attached hydrogens (tertiary/aromatic N) is 2. The zero-order valence-electron chi connectivity index (χ0n) is 11.3. The molecular formula is C13H23N3S. The highest BCUT2D eigenvalue weighted by Gasteiger charge is 2.03. The fraction of sp³-hybridized carbons (Fsp3) is 0.692. The van der Waals surface area contributed by atoms with Crippen molar-refractivity contribution in [2.75, 3.05) is 12.3 Å². The van der Waals surface area contributed by atoms with E-state index in [1.807, 2.05) is 18.0 Å². The summed E-state index contributed by atoms with van der Waals surface area (Å²) in [6.45, 7) is 10.5. The summed E-state index contributed by atoms with van der Waals surface area (Å²) in [7, 11) is 0. The SMILES string of the molecule is CCSCc1ncc(CNCC(C)C)c(C)n1. The van der Waals surface area contributed by atoms with Gasteiger partial charge in [-0.3, -0.25) is 0 Å². The van der Waals surface area contributed by atoms with Crippen LogP contribution in [-0.4, -0.2) is 22.3 Å². The fourth-order valence-corrected chi connectivity index (χ4v) is 2.00. The third-order valence-corrected chi connectivity index (χ3v) is 3.30. The van der Waals surface area contributed by atoms with E-state index in [-0.39, 0.29) is 0 Å². The molecule has 0 saturated heterocycles. The van der Waals surface area contributed by atoms with Gasteiger partial charge in [0, 0.05) is 24.0 Å². The van der Waals surface area contributed by atoms with Crippen LogP contribution in [0, 0.1) is 12.8 Å². The number of hydrogen-bond acceptors (Lipinski definition) is 4. The second kappa shape index (κ2) is 7.67. The predicted molar refractivity (Wildman–Crippen MR) is 75.1 cm³/mol. The summed E-state index contributed by atoms with van der Waals surface area (Å²) < 4.78 is 0. The Morgan fingerprint density at radius 1 is 1.41 bits per heavy atom. The molecule has 4 heteroatoms. The summed E-state index contributed by atoms with van der Waals surface area (Å²) >= 11 is 1.86. The molecule has 0 spiro atoms. The Labute approximate surface area is 109 Å². The lowest BCUT2D eigenvalue weighted by atomic mass is 10.2. The molecule has 0 aliphatic heterocycles. The number of nitrogens with one attached hydrogen (secondary N) is 1. The predicted octanol–water partition coefficient (Wildman–Crippen LogP) is 2.78. The van der Waals surface area contributed by atoms with Crippen LogP contribution in [0.1, 0.15) is 37.9 Å². The Morgan fingerprint density at radius 2 is 2.18 bits per heavy atom. The molecule has 0 aliphatic rings. The van der Waals surface area contributed by atoms with Gasteiger partial charge in [-0.2, -0.15) is 11.8 Å². The smallest absolute Gasteiger partial charge is 0.138 e. The van der Waals surface area contributed by atoms with Crippen LogP contribution >= 0.6 is 11.8 Å². The van der Waals surface area contributed by atoms with Crippen molar-refractivity contribution in [2.24, 2.45) is 5.92 Å². The Morgan fingerprint density at radius 3 is 2.76 bits per heavy atom. The van der Waals surface area contributed by atoms with Crippen molar-refractivity contribution in [3.63, 3.8) is 0 Å². The standard InChI is InChI=1S/C13H23N3S/c1-5-17-9-13-15-8-12(11(4)16-13)7-14-6-10(2)3/h8,10,14H,5-7,9H2,1-4H3. The molecule has 0 saturated carbocycles. The summed E-state index contributed by atoms with van der Waals surface area (Å²) in [5.74, 6) is 3.65. The quantitative estimate of drug-likeness (QED) is 0.811. The molecule has 0 radical (unpaired) electrons. The summed E-state index contributed by atoms with van der Waals surface area (Å²) in [5, 5.41) is 3.42. The summed E-state index contributed by atoms with van der Waals surface area (Å²) in [6.07, 6.45) is 1.96. The Balaban J connectivity index is 2.50. The molecule has 1 heterocycles. The van der Waals surface area contributed by atoms with Crippen LogP contribution in [0.5, 0.6) is 0 Å². The van der Waals surface area contributed by atoms with E-state index in [1.165, 1.54) is 5.56 Å². The average Bonchev–Trinajstić information content (AvgIpc) is 2.28. The summed E-state index contributed by atoms with van der Waals surface area (Å²) in [6, 6.07) is 0. The number of aryl methyl sites for hydroxylation is 1. The minimum Gasteiger partial charge on any atom is -0.312 e. The average molecular weight is 253 g/mol. The first kappa shape index (κ1) is 14.5. The van der Waals surface area contributed by atoms with Crippen LogP contribution in [0.3, 0.4) is 0 Å². The normalized spacial score (nSPS) is 11.1. The van der Waals surface area contributed by atoms with Crippen molar-refractivity contribution in [1.82, 2.24) is 15.3 Å². The lowest BCUT2D eigenvalue weighted by molar-refractivity contribution is 0.550. The van der Waals surface area contributed by atoms with E-state index in [2.05, 4.69) is 43.0 Å². The highest BCUT2D eigenvalue weighted by molar-refractivity contribution is 7.98. The monoisotopic (exact) mass is 253 g/mol. The largest absolute Gasteiger partial charge is 0.312 e. The fourth-order valence-electron chi connectivity index (χ4n) is 1.47. The molecule has 1 N–H and O–H groups in total. The van der Waals surface area contributed by atoms with Gasteiger partial charge in [0.25, 0.3) is 0 Å². The van der Waals surface area contributed by atoms with Gasteiger partial charge in [-0.15, -0.1) is 0 Å². The minimum atomic E-state index is 0.677. The molecule has 3 nitrogen and oxygen atoms in total. The van der Waals surface area contributed by atoms with Gasteiger partial charge in [-0.05, 0) is 25.1 Å². The zero-order chi connectivity index (χ0) is 12.7. The van der Waals surface area contributed by atoms with Crippen molar-refractivity contribution < 1.29 is 0 Å². The molecule has 0 amide bonds. The lowest BCUT2D eigenvalue weighted by Crippen LogP contribution is -2.20. The zero-order valence-corrected chi connectivity index (χ0v) is 12.1. The van der Waals surface area contributed by atoms with E-state index in [1.54, 1.807) is 0 Å². The number of aromatic nitrogens is 2. The highest BCUT2D eigenvalue weighted by atomic mass is 32.2. The maximum atomic E-state index is 4.54. The number of thioether (sulfide) groups is 1. The first-order valence-electron chi connectivity index (χ1n) is 6.23. The van der Waals surface area contributed by atoms with Gasteiger partial charge in [0.15, 0.2) is 0 Å². The first-order chi connectivity index (χ1) is 8.13. The second-order valence-corrected chi connectivity index (χ2v) is 5.83. The van der Waals surface area contributed by atoms with Crippen molar-refractivity contribution in [3.8, 4) is 0 Å². The molecule has 0 aromatic carbocycles. The van der Waals surface area contributed by atoms with E-state index < -0.39 is 0 Å². The Bertz CT molecular complexity index is 339. The third kappa shape index (κ3) is 5.50. The first-order valence-corrected chi connectivity index (χ1v) is 7.38. The van der Waals surface area contributed by atoms with E-state index >= 15 is 0 Å². The topological polar surface area (TPSA) is 37.8 Å². The van der Waals surface area contributed by atoms with Crippen molar-refractivity contribution >= 4 is 11.8 Å². The van der Waals surface area contributed by atoms with Crippen LogP contribution in [0.25, 0.3) is 0 Å². The van der Waals surface area contributed by atoms with E-state index in [0.29, 0.717) is 5.92 Å². The number of rotatable bonds is 7. The minimum absolute atomic E-state index is 0.677. The van der Waals surface area contributed by atoms with Gasteiger partial charge >= 0.3 is 0 Å². The Kier molecular flexibility index (Phi) is 6.52. The lowest BCUT2D eigenvalue weighted by Gasteiger charge is -2.09. The van der Waals surface area contributed by atoms with Gasteiger partial charge < -0.3 is 5.32 Å². The molecule has 1 rings (SSSR count). The molecule has 0 aliphatic carbocycles. The van der Waals surface area contributed by atoms with E-state index in [0.717, 1.165) is 36.1 Å². The third-order valence-electron chi connectivity index (χ3n) is 2.43. The molecule has 96 valence electrons. The molecule has 0 atom stereocenters. The van der Waals surface area contributed by atoms with Gasteiger partial charge in [-0.1, -0.05) is 20.8 Å². The maximum Gasteiger partial charge on any atom is 0.138 e. The van der Waals surface area contributed by atoms with E-state index in [9.17, 15) is 0 Å². The molecule has 1 aromatic rings. The molecule has 1 aromatic heterocycles. The van der Waals surface area contributed by atoms with Crippen LogP contribution < -0.4 is 5.32 Å². The molecule has 0 fully saturated rings. The molecule has 0 unspecified atom stereocenters. The van der Waals surface area contributed by atoms with Crippen molar-refractivity contribution in [1.29, 1.82) is 0 Å². The van der Waals surface area contributed by atoms with Crippen LogP contribution in [0.4, 0.5) is 0 Å². The van der Waals surface area contributed by atoms with Crippen LogP contribution in [0.2, 0.25) is 0 Å². The van der Waals surface area contributed by atoms with E-state index in [4.69, 9.17) is 0 Å². The van der Waals surface area contributed by atoms with Crippen molar-refractivity contribution in [2.45, 2.75) is 40.0 Å². The molecule has 0 bridgehead atoms. The van der Waals surface area contributed by atoms with Crippen LogP contribution in [0.15, 0.2) is 6.20 Å². The van der Waals surface area contributed by atoms with Crippen molar-refractivity contribution in [3.05, 3.63) is 23.3 Å². The van der Waals surface area contributed by atoms with Gasteiger partial charge in [0.2, 0.25) is 0 Å². The Hall–Kier alpha value is -0.610. The summed E-state index contributed by atoms with van der Waals surface area (Å²) in [4.78, 5) is 8.94. The van der Waals surface area contributed by atoms with Gasteiger partial charge in [0.1, 0.15) is 5.82 Å². The van der Waals surface area contributed by atoms with Gasteiger partial charge in [-0.25, -0.2) is 9.97 Å². The summed E-state index contributed by atoms with van der Waals surface area (Å²) in [5.41, 5.74) is 2.30. The molecular weight excluding hydrogens is 230 g/mol. The number of hydrogen-bond donors (Lipinski definition) is 1.